The third-order valence-electron chi connectivity index (χ3n) is 6.41. The molecule has 2 saturated heterocycles. The molecule has 2 aliphatic rings. The lowest BCUT2D eigenvalue weighted by atomic mass is 9.82. The number of hydrogen-bond donors (Lipinski definition) is 2. The highest BCUT2D eigenvalue weighted by Crippen LogP contribution is 2.40. The average molecular weight is 447 g/mol. The minimum Gasteiger partial charge on any atom is -0.342 e. The summed E-state index contributed by atoms with van der Waals surface area (Å²) in [6, 6.07) is 4.03. The van der Waals surface area contributed by atoms with Gasteiger partial charge in [-0.2, -0.15) is 5.10 Å². The van der Waals surface area contributed by atoms with Crippen LogP contribution in [0.5, 0.6) is 0 Å². The second-order valence-electron chi connectivity index (χ2n) is 8.43. The summed E-state index contributed by atoms with van der Waals surface area (Å²) in [7, 11) is 0. The first-order valence-corrected chi connectivity index (χ1v) is 10.6. The van der Waals surface area contributed by atoms with Crippen molar-refractivity contribution in [2.24, 2.45) is 11.7 Å². The summed E-state index contributed by atoms with van der Waals surface area (Å²) in [4.78, 5) is 26.7. The van der Waals surface area contributed by atoms with Crippen molar-refractivity contribution in [3.8, 4) is 0 Å². The van der Waals surface area contributed by atoms with Crippen LogP contribution in [-0.4, -0.2) is 51.6 Å². The maximum absolute atomic E-state index is 14.0. The number of benzene rings is 1. The van der Waals surface area contributed by atoms with Gasteiger partial charge >= 0.3 is 0 Å². The Bertz CT molecular complexity index is 993. The van der Waals surface area contributed by atoms with Crippen LogP contribution in [0.2, 0.25) is 0 Å². The molecule has 0 unspecified atom stereocenters. The molecule has 2 bridgehead atoms. The SMILES string of the molecule is N[C@H](Cc1cc(F)c(F)cc1F)[C@@H]1C[C@H]2CC[C@@H](C1)N2C(=O)CNC(=O)c1cccnn1. The van der Waals surface area contributed by atoms with E-state index in [0.29, 0.717) is 18.9 Å². The molecule has 2 fully saturated rings. The van der Waals surface area contributed by atoms with Crippen molar-refractivity contribution in [3.63, 3.8) is 0 Å². The number of rotatable bonds is 6. The number of carbonyl (C=O) groups excluding carboxylic acids is 2. The van der Waals surface area contributed by atoms with Gasteiger partial charge in [0, 0.05) is 30.4 Å². The van der Waals surface area contributed by atoms with Crippen LogP contribution in [0.4, 0.5) is 13.2 Å². The number of hydrogen-bond acceptors (Lipinski definition) is 5. The van der Waals surface area contributed by atoms with Gasteiger partial charge < -0.3 is 16.0 Å². The molecule has 2 amide bonds. The van der Waals surface area contributed by atoms with E-state index in [9.17, 15) is 22.8 Å². The number of carbonyl (C=O) groups is 2. The number of nitrogens with two attached hydrogens (primary N) is 1. The first kappa shape index (κ1) is 22.2. The van der Waals surface area contributed by atoms with Gasteiger partial charge in [0.05, 0.1) is 6.54 Å². The summed E-state index contributed by atoms with van der Waals surface area (Å²) in [5.41, 5.74) is 6.50. The van der Waals surface area contributed by atoms with Crippen molar-refractivity contribution in [1.29, 1.82) is 0 Å². The number of nitrogens with zero attached hydrogens (tertiary/aromatic N) is 3. The molecule has 10 heteroatoms. The van der Waals surface area contributed by atoms with E-state index in [1.807, 2.05) is 4.90 Å². The Hall–Kier alpha value is -3.01. The predicted molar refractivity (Wildman–Crippen MR) is 109 cm³/mol. The van der Waals surface area contributed by atoms with E-state index in [-0.39, 0.29) is 48.1 Å². The molecule has 32 heavy (non-hydrogen) atoms. The van der Waals surface area contributed by atoms with Gasteiger partial charge in [-0.05, 0) is 61.8 Å². The molecular weight excluding hydrogens is 423 g/mol. The summed E-state index contributed by atoms with van der Waals surface area (Å²) >= 11 is 0. The molecule has 7 nitrogen and oxygen atoms in total. The maximum atomic E-state index is 14.0. The van der Waals surface area contributed by atoms with Crippen LogP contribution in [0.3, 0.4) is 0 Å². The number of aromatic nitrogens is 2. The van der Waals surface area contributed by atoms with Crippen molar-refractivity contribution in [2.75, 3.05) is 6.54 Å². The second-order valence-corrected chi connectivity index (χ2v) is 8.43. The van der Waals surface area contributed by atoms with Crippen LogP contribution in [0, 0.1) is 23.4 Å². The Morgan fingerprint density at radius 3 is 2.47 bits per heavy atom. The van der Waals surface area contributed by atoms with E-state index < -0.39 is 29.4 Å². The maximum Gasteiger partial charge on any atom is 0.272 e. The van der Waals surface area contributed by atoms with Gasteiger partial charge in [-0.1, -0.05) is 0 Å². The molecule has 4 atom stereocenters. The van der Waals surface area contributed by atoms with Crippen LogP contribution in [-0.2, 0) is 11.2 Å². The Morgan fingerprint density at radius 2 is 1.81 bits per heavy atom. The molecule has 2 aliphatic heterocycles. The van der Waals surface area contributed by atoms with Gasteiger partial charge in [0.2, 0.25) is 5.91 Å². The lowest BCUT2D eigenvalue weighted by Crippen LogP contribution is -2.52. The summed E-state index contributed by atoms with van der Waals surface area (Å²) in [5.74, 6) is -3.75. The van der Waals surface area contributed by atoms with Crippen LogP contribution >= 0.6 is 0 Å². The number of nitrogens with one attached hydrogen (secondary N) is 1. The predicted octanol–water partition coefficient (Wildman–Crippen LogP) is 1.96. The van der Waals surface area contributed by atoms with Crippen LogP contribution in [0.1, 0.15) is 41.7 Å². The quantitative estimate of drug-likeness (QED) is 0.660. The van der Waals surface area contributed by atoms with Crippen molar-refractivity contribution in [3.05, 3.63) is 59.2 Å². The Balaban J connectivity index is 1.34. The lowest BCUT2D eigenvalue weighted by molar-refractivity contribution is -0.135. The Morgan fingerprint density at radius 1 is 1.12 bits per heavy atom. The van der Waals surface area contributed by atoms with Gasteiger partial charge in [0.15, 0.2) is 17.3 Å². The Kier molecular flexibility index (Phi) is 6.40. The first-order valence-electron chi connectivity index (χ1n) is 10.6. The topological polar surface area (TPSA) is 101 Å². The van der Waals surface area contributed by atoms with Crippen molar-refractivity contribution < 1.29 is 22.8 Å². The van der Waals surface area contributed by atoms with Crippen LogP contribution in [0.15, 0.2) is 30.5 Å². The average Bonchev–Trinajstić information content (AvgIpc) is 3.05. The molecular formula is C22H24F3N5O2. The third kappa shape index (κ3) is 4.59. The zero-order chi connectivity index (χ0) is 22.8. The van der Waals surface area contributed by atoms with E-state index in [4.69, 9.17) is 5.73 Å². The fourth-order valence-electron chi connectivity index (χ4n) is 4.88. The summed E-state index contributed by atoms with van der Waals surface area (Å²) in [5, 5.41) is 9.95. The molecule has 4 rings (SSSR count). The fourth-order valence-corrected chi connectivity index (χ4v) is 4.88. The third-order valence-corrected chi connectivity index (χ3v) is 6.41. The van der Waals surface area contributed by atoms with E-state index in [1.165, 1.54) is 12.3 Å². The number of halogens is 3. The first-order chi connectivity index (χ1) is 15.3. The van der Waals surface area contributed by atoms with Gasteiger partial charge in [-0.25, -0.2) is 13.2 Å². The molecule has 1 aromatic heterocycles. The van der Waals surface area contributed by atoms with Crippen LogP contribution < -0.4 is 11.1 Å². The normalized spacial score (nSPS) is 23.1. The standard InChI is InChI=1S/C22H24F3N5O2/c23-16-10-18(25)17(24)8-12(16)9-19(26)13-6-14-3-4-15(7-13)30(14)21(31)11-27-22(32)20-2-1-5-28-29-20/h1-2,5,8,10,13-15,19H,3-4,6-7,9,11,26H2,(H,27,32)/t13-,14-,15+,19-/m1/s1. The summed E-state index contributed by atoms with van der Waals surface area (Å²) in [6.07, 6.45) is 4.50. The molecule has 1 aromatic carbocycles. The monoisotopic (exact) mass is 447 g/mol. The smallest absolute Gasteiger partial charge is 0.272 e. The summed E-state index contributed by atoms with van der Waals surface area (Å²) < 4.78 is 40.7. The van der Waals surface area contributed by atoms with E-state index in [0.717, 1.165) is 18.9 Å². The summed E-state index contributed by atoms with van der Waals surface area (Å²) in [6.45, 7) is -0.140. The van der Waals surface area contributed by atoms with Crippen LogP contribution in [0.25, 0.3) is 0 Å². The van der Waals surface area contributed by atoms with Crippen molar-refractivity contribution >= 4 is 11.8 Å². The number of fused-ring (bicyclic) bond motifs is 2. The molecule has 0 radical (unpaired) electrons. The van der Waals surface area contributed by atoms with Crippen molar-refractivity contribution in [2.45, 2.75) is 50.2 Å². The van der Waals surface area contributed by atoms with E-state index >= 15 is 0 Å². The molecule has 0 aliphatic carbocycles. The molecule has 2 aromatic rings. The largest absolute Gasteiger partial charge is 0.342 e. The lowest BCUT2D eigenvalue weighted by Gasteiger charge is -2.41. The van der Waals surface area contributed by atoms with Gasteiger partial charge in [-0.15, -0.1) is 5.10 Å². The van der Waals surface area contributed by atoms with Gasteiger partial charge in [0.25, 0.3) is 5.91 Å². The Labute approximate surface area is 183 Å². The second kappa shape index (κ2) is 9.23. The van der Waals surface area contributed by atoms with Crippen molar-refractivity contribution in [1.82, 2.24) is 20.4 Å². The number of amides is 2. The highest BCUT2D eigenvalue weighted by atomic mass is 19.2. The van der Waals surface area contributed by atoms with E-state index in [2.05, 4.69) is 15.5 Å². The zero-order valence-corrected chi connectivity index (χ0v) is 17.3. The van der Waals surface area contributed by atoms with Gasteiger partial charge in [0.1, 0.15) is 5.82 Å². The number of piperidine rings is 1. The molecule has 170 valence electrons. The fraction of sp³-hybridized carbons (Fsp3) is 0.455. The molecule has 3 heterocycles. The molecule has 0 spiro atoms. The molecule has 0 saturated carbocycles. The minimum absolute atomic E-state index is 0.0134. The minimum atomic E-state index is -1.23. The van der Waals surface area contributed by atoms with Gasteiger partial charge in [-0.3, -0.25) is 9.59 Å². The highest BCUT2D eigenvalue weighted by molar-refractivity contribution is 5.94. The molecule has 3 N–H and O–H groups in total. The highest BCUT2D eigenvalue weighted by Gasteiger charge is 2.44. The van der Waals surface area contributed by atoms with E-state index in [1.54, 1.807) is 6.07 Å². The zero-order valence-electron chi connectivity index (χ0n) is 17.3.